The van der Waals surface area contributed by atoms with E-state index in [1.165, 1.54) is 24.3 Å². The molecule has 0 saturated carbocycles. The Morgan fingerprint density at radius 3 is 2.21 bits per heavy atom. The fraction of sp³-hybridized carbons (Fsp3) is 0.300. The van der Waals surface area contributed by atoms with Gasteiger partial charge in [-0.25, -0.2) is 4.39 Å². The molecular weight excluding hydrogens is 409 g/mol. The van der Waals surface area contributed by atoms with Crippen LogP contribution >= 0.6 is 11.6 Å². The zero-order valence-corrected chi connectivity index (χ0v) is 16.0. The maximum absolute atomic E-state index is 13.2. The molecule has 2 amide bonds. The number of carbonyl (C=O) groups is 2. The van der Waals surface area contributed by atoms with Crippen molar-refractivity contribution in [3.63, 3.8) is 0 Å². The van der Waals surface area contributed by atoms with E-state index in [-0.39, 0.29) is 34.6 Å². The minimum absolute atomic E-state index is 0.0304. The van der Waals surface area contributed by atoms with E-state index in [2.05, 4.69) is 4.74 Å². The molecule has 5 nitrogen and oxygen atoms in total. The first-order chi connectivity index (χ1) is 13.8. The van der Waals surface area contributed by atoms with Crippen LogP contribution in [0.15, 0.2) is 42.5 Å². The summed E-state index contributed by atoms with van der Waals surface area (Å²) in [5, 5.41) is 0.0489. The molecule has 1 fully saturated rings. The second-order valence-corrected chi connectivity index (χ2v) is 6.90. The second-order valence-electron chi connectivity index (χ2n) is 6.50. The molecule has 0 aromatic heterocycles. The zero-order chi connectivity index (χ0) is 21.0. The van der Waals surface area contributed by atoms with Crippen LogP contribution in [-0.4, -0.2) is 54.4 Å². The van der Waals surface area contributed by atoms with E-state index in [1.54, 1.807) is 21.9 Å². The Kier molecular flexibility index (Phi) is 6.64. The average Bonchev–Trinajstić information content (AvgIpc) is 2.69. The lowest BCUT2D eigenvalue weighted by molar-refractivity contribution is -0.131. The van der Waals surface area contributed by atoms with Crippen LogP contribution in [0.3, 0.4) is 0 Å². The Labute approximate surface area is 170 Å². The van der Waals surface area contributed by atoms with Crippen LogP contribution in [0.1, 0.15) is 15.9 Å². The number of rotatable bonds is 5. The van der Waals surface area contributed by atoms with E-state index in [4.69, 9.17) is 11.6 Å². The van der Waals surface area contributed by atoms with Crippen LogP contribution in [0.4, 0.5) is 13.2 Å². The minimum atomic E-state index is -2.90. The first-order valence-corrected chi connectivity index (χ1v) is 9.27. The van der Waals surface area contributed by atoms with Crippen LogP contribution in [0.2, 0.25) is 5.02 Å². The number of hydrogen-bond acceptors (Lipinski definition) is 3. The van der Waals surface area contributed by atoms with Gasteiger partial charge < -0.3 is 14.5 Å². The van der Waals surface area contributed by atoms with Crippen molar-refractivity contribution in [3.8, 4) is 5.75 Å². The fourth-order valence-corrected chi connectivity index (χ4v) is 3.32. The molecule has 3 rings (SSSR count). The summed E-state index contributed by atoms with van der Waals surface area (Å²) in [5.74, 6) is -0.922. The minimum Gasteiger partial charge on any atom is -0.435 e. The Bertz CT molecular complexity index is 885. The van der Waals surface area contributed by atoms with Crippen molar-refractivity contribution in [1.82, 2.24) is 9.80 Å². The van der Waals surface area contributed by atoms with Gasteiger partial charge in [-0.2, -0.15) is 8.78 Å². The van der Waals surface area contributed by atoms with Crippen LogP contribution in [-0.2, 0) is 11.2 Å². The Balaban J connectivity index is 1.53. The van der Waals surface area contributed by atoms with Crippen molar-refractivity contribution in [2.24, 2.45) is 0 Å². The summed E-state index contributed by atoms with van der Waals surface area (Å²) in [6.45, 7) is -1.52. The van der Waals surface area contributed by atoms with Gasteiger partial charge in [-0.1, -0.05) is 23.7 Å². The summed E-state index contributed by atoms with van der Waals surface area (Å²) < 4.78 is 41.8. The standard InChI is InChI=1S/C20H18ClF3N2O3/c21-17-12-14(22)3-6-16(17)19(28)26-9-7-25(8-10-26)18(27)11-13-1-4-15(5-2-13)29-20(23)24/h1-6,12,20H,7-11H2. The van der Waals surface area contributed by atoms with Crippen LogP contribution in [0, 0.1) is 5.82 Å². The molecule has 1 heterocycles. The van der Waals surface area contributed by atoms with Crippen molar-refractivity contribution in [3.05, 3.63) is 64.4 Å². The van der Waals surface area contributed by atoms with Gasteiger partial charge in [-0.05, 0) is 35.9 Å². The zero-order valence-electron chi connectivity index (χ0n) is 15.3. The quantitative estimate of drug-likeness (QED) is 0.734. The highest BCUT2D eigenvalue weighted by atomic mass is 35.5. The predicted molar refractivity (Wildman–Crippen MR) is 101 cm³/mol. The first kappa shape index (κ1) is 21.0. The van der Waals surface area contributed by atoms with Crippen molar-refractivity contribution in [2.45, 2.75) is 13.0 Å². The largest absolute Gasteiger partial charge is 0.435 e. The maximum atomic E-state index is 13.2. The smallest absolute Gasteiger partial charge is 0.387 e. The molecule has 2 aromatic carbocycles. The lowest BCUT2D eigenvalue weighted by atomic mass is 10.1. The van der Waals surface area contributed by atoms with Gasteiger partial charge in [0.15, 0.2) is 0 Å². The number of carbonyl (C=O) groups excluding carboxylic acids is 2. The lowest BCUT2D eigenvalue weighted by Crippen LogP contribution is -2.51. The molecule has 0 bridgehead atoms. The molecule has 2 aromatic rings. The molecule has 29 heavy (non-hydrogen) atoms. The van der Waals surface area contributed by atoms with E-state index < -0.39 is 12.4 Å². The SMILES string of the molecule is O=C(Cc1ccc(OC(F)F)cc1)N1CCN(C(=O)c2ccc(F)cc2Cl)CC1. The van der Waals surface area contributed by atoms with Gasteiger partial charge in [0, 0.05) is 26.2 Å². The highest BCUT2D eigenvalue weighted by Gasteiger charge is 2.26. The van der Waals surface area contributed by atoms with E-state index in [0.717, 1.165) is 6.07 Å². The van der Waals surface area contributed by atoms with E-state index in [0.29, 0.717) is 31.7 Å². The number of ether oxygens (including phenoxy) is 1. The molecular formula is C20H18ClF3N2O3. The molecule has 154 valence electrons. The third-order valence-electron chi connectivity index (χ3n) is 4.59. The van der Waals surface area contributed by atoms with Gasteiger partial charge in [0.05, 0.1) is 17.0 Å². The van der Waals surface area contributed by atoms with Crippen molar-refractivity contribution >= 4 is 23.4 Å². The molecule has 0 N–H and O–H groups in total. The van der Waals surface area contributed by atoms with Gasteiger partial charge in [0.25, 0.3) is 5.91 Å². The predicted octanol–water partition coefficient (Wildman–Crippen LogP) is 3.61. The Hall–Kier alpha value is -2.74. The molecule has 9 heteroatoms. The number of benzene rings is 2. The summed E-state index contributed by atoms with van der Waals surface area (Å²) in [6, 6.07) is 9.51. The summed E-state index contributed by atoms with van der Waals surface area (Å²) >= 11 is 5.95. The number of halogens is 4. The summed E-state index contributed by atoms with van der Waals surface area (Å²) in [7, 11) is 0. The number of alkyl halides is 2. The first-order valence-electron chi connectivity index (χ1n) is 8.89. The van der Waals surface area contributed by atoms with Gasteiger partial charge in [-0.3, -0.25) is 9.59 Å². The van der Waals surface area contributed by atoms with Crippen molar-refractivity contribution < 1.29 is 27.5 Å². The number of nitrogens with zero attached hydrogens (tertiary/aromatic N) is 2. The number of amides is 2. The maximum Gasteiger partial charge on any atom is 0.387 e. The Morgan fingerprint density at radius 1 is 1.00 bits per heavy atom. The Morgan fingerprint density at radius 2 is 1.62 bits per heavy atom. The molecule has 1 saturated heterocycles. The molecule has 0 spiro atoms. The van der Waals surface area contributed by atoms with Crippen LogP contribution < -0.4 is 4.74 Å². The van der Waals surface area contributed by atoms with Crippen molar-refractivity contribution in [2.75, 3.05) is 26.2 Å². The summed E-state index contributed by atoms with van der Waals surface area (Å²) in [4.78, 5) is 28.2. The van der Waals surface area contributed by atoms with Crippen LogP contribution in [0.25, 0.3) is 0 Å². The number of piperazine rings is 1. The van der Waals surface area contributed by atoms with E-state index in [9.17, 15) is 22.8 Å². The third-order valence-corrected chi connectivity index (χ3v) is 4.90. The van der Waals surface area contributed by atoms with Gasteiger partial charge in [0.1, 0.15) is 11.6 Å². The molecule has 1 aliphatic heterocycles. The molecule has 0 radical (unpaired) electrons. The highest BCUT2D eigenvalue weighted by Crippen LogP contribution is 2.20. The third kappa shape index (κ3) is 5.41. The molecule has 0 atom stereocenters. The lowest BCUT2D eigenvalue weighted by Gasteiger charge is -2.35. The van der Waals surface area contributed by atoms with Gasteiger partial charge in [0.2, 0.25) is 5.91 Å². The topological polar surface area (TPSA) is 49.9 Å². The molecule has 0 aliphatic carbocycles. The average molecular weight is 427 g/mol. The second kappa shape index (κ2) is 9.17. The monoisotopic (exact) mass is 426 g/mol. The van der Waals surface area contributed by atoms with E-state index >= 15 is 0 Å². The van der Waals surface area contributed by atoms with Crippen LogP contribution in [0.5, 0.6) is 5.75 Å². The van der Waals surface area contributed by atoms with Gasteiger partial charge in [-0.15, -0.1) is 0 Å². The normalized spacial score (nSPS) is 14.2. The van der Waals surface area contributed by atoms with Gasteiger partial charge >= 0.3 is 6.61 Å². The molecule has 0 unspecified atom stereocenters. The highest BCUT2D eigenvalue weighted by molar-refractivity contribution is 6.33. The number of hydrogen-bond donors (Lipinski definition) is 0. The van der Waals surface area contributed by atoms with E-state index in [1.807, 2.05) is 0 Å². The molecule has 1 aliphatic rings. The van der Waals surface area contributed by atoms with Crippen molar-refractivity contribution in [1.29, 1.82) is 0 Å². The summed E-state index contributed by atoms with van der Waals surface area (Å²) in [6.07, 6.45) is 0.118. The summed E-state index contributed by atoms with van der Waals surface area (Å²) in [5.41, 5.74) is 0.896. The fourth-order valence-electron chi connectivity index (χ4n) is 3.07.